The van der Waals surface area contributed by atoms with Crippen LogP contribution in [0.15, 0.2) is 5.03 Å². The maximum absolute atomic E-state index is 5.88. The summed E-state index contributed by atoms with van der Waals surface area (Å²) in [6, 6.07) is 0. The van der Waals surface area contributed by atoms with Crippen molar-refractivity contribution in [3.63, 3.8) is 0 Å². The summed E-state index contributed by atoms with van der Waals surface area (Å²) in [4.78, 5) is 0. The van der Waals surface area contributed by atoms with Gasteiger partial charge in [0.05, 0.1) is 11.4 Å². The molecule has 0 spiro atoms. The number of anilines is 1. The molecule has 1 aromatic heterocycles. The molecule has 0 aliphatic heterocycles. The van der Waals surface area contributed by atoms with Gasteiger partial charge in [0.1, 0.15) is 5.03 Å². The van der Waals surface area contributed by atoms with Crippen molar-refractivity contribution < 1.29 is 0 Å². The number of nitrogens with two attached hydrogens (primary N) is 1. The number of thioether (sulfide) groups is 1. The zero-order valence-electron chi connectivity index (χ0n) is 8.50. The molecule has 0 saturated heterocycles. The van der Waals surface area contributed by atoms with Crippen LogP contribution >= 0.6 is 11.8 Å². The zero-order valence-corrected chi connectivity index (χ0v) is 9.32. The third-order valence-electron chi connectivity index (χ3n) is 1.95. The van der Waals surface area contributed by atoms with Crippen LogP contribution in [0.3, 0.4) is 0 Å². The summed E-state index contributed by atoms with van der Waals surface area (Å²) >= 11 is 1.79. The summed E-state index contributed by atoms with van der Waals surface area (Å²) in [5, 5.41) is 5.36. The van der Waals surface area contributed by atoms with Gasteiger partial charge in [0.15, 0.2) is 0 Å². The molecule has 0 amide bonds. The van der Waals surface area contributed by atoms with Crippen molar-refractivity contribution in [3.8, 4) is 0 Å². The molecular weight excluding hydrogens is 182 g/mol. The predicted molar refractivity (Wildman–Crippen MR) is 58.0 cm³/mol. The molecule has 13 heavy (non-hydrogen) atoms. The minimum absolute atomic E-state index is 0.837. The summed E-state index contributed by atoms with van der Waals surface area (Å²) in [5.74, 6) is 1.12. The summed E-state index contributed by atoms with van der Waals surface area (Å²) in [6.07, 6.45) is 2.46. The van der Waals surface area contributed by atoms with Crippen LogP contribution in [0.5, 0.6) is 0 Å². The van der Waals surface area contributed by atoms with Gasteiger partial charge in [-0.2, -0.15) is 5.10 Å². The molecule has 0 aliphatic rings. The standard InChI is InChI=1S/C9H17N3S/c1-4-5-6-13-9-8(10)7(2)11-12(9)3/h4-6,10H2,1-3H3. The van der Waals surface area contributed by atoms with E-state index in [1.165, 1.54) is 12.8 Å². The number of nitrogens with zero attached hydrogens (tertiary/aromatic N) is 2. The molecule has 0 unspecified atom stereocenters. The zero-order chi connectivity index (χ0) is 9.84. The normalized spacial score (nSPS) is 10.7. The molecule has 0 aromatic carbocycles. The van der Waals surface area contributed by atoms with Crippen LogP contribution in [0.4, 0.5) is 5.69 Å². The molecule has 74 valence electrons. The lowest BCUT2D eigenvalue weighted by Gasteiger charge is -2.01. The molecule has 0 bridgehead atoms. The van der Waals surface area contributed by atoms with Crippen molar-refractivity contribution in [2.75, 3.05) is 11.5 Å². The Morgan fingerprint density at radius 3 is 2.69 bits per heavy atom. The van der Waals surface area contributed by atoms with Gasteiger partial charge in [0.2, 0.25) is 0 Å². The van der Waals surface area contributed by atoms with Crippen LogP contribution in [0, 0.1) is 6.92 Å². The second-order valence-electron chi connectivity index (χ2n) is 3.13. The molecule has 4 heteroatoms. The highest BCUT2D eigenvalue weighted by Crippen LogP contribution is 2.27. The van der Waals surface area contributed by atoms with Gasteiger partial charge in [-0.1, -0.05) is 13.3 Å². The topological polar surface area (TPSA) is 43.8 Å². The van der Waals surface area contributed by atoms with Crippen LogP contribution in [0.25, 0.3) is 0 Å². The molecule has 0 atom stereocenters. The van der Waals surface area contributed by atoms with E-state index in [1.54, 1.807) is 11.8 Å². The van der Waals surface area contributed by atoms with Crippen LogP contribution < -0.4 is 5.73 Å². The fraction of sp³-hybridized carbons (Fsp3) is 0.667. The maximum atomic E-state index is 5.88. The smallest absolute Gasteiger partial charge is 0.117 e. The third kappa shape index (κ3) is 2.40. The number of nitrogen functional groups attached to an aromatic ring is 1. The highest BCUT2D eigenvalue weighted by molar-refractivity contribution is 7.99. The Hall–Kier alpha value is -0.640. The van der Waals surface area contributed by atoms with Crippen LogP contribution in [0.1, 0.15) is 25.5 Å². The monoisotopic (exact) mass is 199 g/mol. The lowest BCUT2D eigenvalue weighted by molar-refractivity contribution is 0.692. The van der Waals surface area contributed by atoms with E-state index in [0.717, 1.165) is 22.2 Å². The van der Waals surface area contributed by atoms with Crippen LogP contribution in [-0.4, -0.2) is 15.5 Å². The second kappa shape index (κ2) is 4.56. The van der Waals surface area contributed by atoms with E-state index in [9.17, 15) is 0 Å². The van der Waals surface area contributed by atoms with Crippen molar-refractivity contribution in [2.24, 2.45) is 7.05 Å². The molecule has 0 saturated carbocycles. The van der Waals surface area contributed by atoms with E-state index in [4.69, 9.17) is 5.73 Å². The van der Waals surface area contributed by atoms with Gasteiger partial charge in [0.25, 0.3) is 0 Å². The molecule has 1 rings (SSSR count). The SMILES string of the molecule is CCCCSc1c(N)c(C)nn1C. The van der Waals surface area contributed by atoms with Gasteiger partial charge in [-0.3, -0.25) is 4.68 Å². The van der Waals surface area contributed by atoms with E-state index >= 15 is 0 Å². The van der Waals surface area contributed by atoms with Gasteiger partial charge in [-0.25, -0.2) is 0 Å². The Morgan fingerprint density at radius 1 is 1.54 bits per heavy atom. The Morgan fingerprint density at radius 2 is 2.23 bits per heavy atom. The molecule has 1 aromatic rings. The number of hydrogen-bond donors (Lipinski definition) is 1. The first kappa shape index (κ1) is 10.4. The average Bonchev–Trinajstić information content (AvgIpc) is 2.32. The summed E-state index contributed by atoms with van der Waals surface area (Å²) < 4.78 is 1.87. The first-order chi connectivity index (χ1) is 6.16. The molecule has 0 radical (unpaired) electrons. The fourth-order valence-corrected chi connectivity index (χ4v) is 2.29. The van der Waals surface area contributed by atoms with E-state index in [0.29, 0.717) is 0 Å². The molecule has 0 fully saturated rings. The van der Waals surface area contributed by atoms with Crippen LogP contribution in [-0.2, 0) is 7.05 Å². The number of hydrogen-bond acceptors (Lipinski definition) is 3. The molecule has 1 heterocycles. The largest absolute Gasteiger partial charge is 0.395 e. The minimum Gasteiger partial charge on any atom is -0.395 e. The van der Waals surface area contributed by atoms with Gasteiger partial charge in [0, 0.05) is 7.05 Å². The number of unbranched alkanes of at least 4 members (excludes halogenated alkanes) is 1. The summed E-state index contributed by atoms with van der Waals surface area (Å²) in [6.45, 7) is 4.14. The Bertz CT molecular complexity index is 281. The van der Waals surface area contributed by atoms with Gasteiger partial charge >= 0.3 is 0 Å². The molecule has 3 nitrogen and oxygen atoms in total. The Balaban J connectivity index is 2.64. The lowest BCUT2D eigenvalue weighted by atomic mass is 10.4. The van der Waals surface area contributed by atoms with E-state index in [1.807, 2.05) is 18.7 Å². The van der Waals surface area contributed by atoms with E-state index in [-0.39, 0.29) is 0 Å². The molecule has 2 N–H and O–H groups in total. The third-order valence-corrected chi connectivity index (χ3v) is 3.20. The van der Waals surface area contributed by atoms with Crippen LogP contribution in [0.2, 0.25) is 0 Å². The van der Waals surface area contributed by atoms with Gasteiger partial charge < -0.3 is 5.73 Å². The summed E-state index contributed by atoms with van der Waals surface area (Å²) in [5.41, 5.74) is 7.65. The Kier molecular flexibility index (Phi) is 3.66. The highest BCUT2D eigenvalue weighted by Gasteiger charge is 2.09. The molecule has 0 aliphatic carbocycles. The van der Waals surface area contributed by atoms with Gasteiger partial charge in [-0.05, 0) is 19.1 Å². The first-order valence-electron chi connectivity index (χ1n) is 4.58. The van der Waals surface area contributed by atoms with E-state index < -0.39 is 0 Å². The number of rotatable bonds is 4. The number of aromatic nitrogens is 2. The predicted octanol–water partition coefficient (Wildman–Crippen LogP) is 2.20. The molecular formula is C9H17N3S. The van der Waals surface area contributed by atoms with Crippen molar-refractivity contribution in [2.45, 2.75) is 31.7 Å². The number of aryl methyl sites for hydroxylation is 2. The van der Waals surface area contributed by atoms with Gasteiger partial charge in [-0.15, -0.1) is 11.8 Å². The van der Waals surface area contributed by atoms with Crippen molar-refractivity contribution in [1.82, 2.24) is 9.78 Å². The fourth-order valence-electron chi connectivity index (χ4n) is 1.14. The maximum Gasteiger partial charge on any atom is 0.117 e. The van der Waals surface area contributed by atoms with Crippen molar-refractivity contribution >= 4 is 17.4 Å². The summed E-state index contributed by atoms with van der Waals surface area (Å²) in [7, 11) is 1.94. The van der Waals surface area contributed by atoms with E-state index in [2.05, 4.69) is 12.0 Å². The van der Waals surface area contributed by atoms with Crippen molar-refractivity contribution in [3.05, 3.63) is 5.69 Å². The Labute approximate surface area is 83.7 Å². The second-order valence-corrected chi connectivity index (χ2v) is 4.21. The quantitative estimate of drug-likeness (QED) is 0.597. The first-order valence-corrected chi connectivity index (χ1v) is 5.57. The van der Waals surface area contributed by atoms with Crippen molar-refractivity contribution in [1.29, 1.82) is 0 Å². The average molecular weight is 199 g/mol. The highest BCUT2D eigenvalue weighted by atomic mass is 32.2. The minimum atomic E-state index is 0.837. The lowest BCUT2D eigenvalue weighted by Crippen LogP contribution is -1.94.